The van der Waals surface area contributed by atoms with Gasteiger partial charge in [-0.1, -0.05) is 6.92 Å². The van der Waals surface area contributed by atoms with Crippen LogP contribution in [0.2, 0.25) is 0 Å². The van der Waals surface area contributed by atoms with Gasteiger partial charge in [0, 0.05) is 23.1 Å². The summed E-state index contributed by atoms with van der Waals surface area (Å²) in [5.41, 5.74) is 6.93. The summed E-state index contributed by atoms with van der Waals surface area (Å²) in [7, 11) is 0. The maximum atomic E-state index is 9.55. The van der Waals surface area contributed by atoms with Crippen LogP contribution in [0.3, 0.4) is 0 Å². The number of carboxylic acids is 2. The van der Waals surface area contributed by atoms with E-state index in [0.717, 1.165) is 24.5 Å². The number of rotatable bonds is 5. The molecule has 0 amide bonds. The van der Waals surface area contributed by atoms with Crippen LogP contribution < -0.4 is 11.1 Å². The van der Waals surface area contributed by atoms with Gasteiger partial charge in [-0.05, 0) is 32.2 Å². The van der Waals surface area contributed by atoms with Crippen molar-refractivity contribution >= 4 is 28.4 Å². The predicted octanol–water partition coefficient (Wildman–Crippen LogP) is 1.29. The highest BCUT2D eigenvalue weighted by Crippen LogP contribution is 2.27. The number of nitrogens with zero attached hydrogens (tertiary/aromatic N) is 1. The molecule has 1 unspecified atom stereocenters. The SMILES string of the molecule is CCCNC1CCc2nc(N)sc2C1.O=C(O)C=CC(=O)O. The lowest BCUT2D eigenvalue weighted by Crippen LogP contribution is -2.34. The molecule has 1 aromatic heterocycles. The highest BCUT2D eigenvalue weighted by atomic mass is 32.1. The molecule has 1 aromatic rings. The molecule has 2 rings (SSSR count). The van der Waals surface area contributed by atoms with E-state index in [1.165, 1.54) is 23.4 Å². The van der Waals surface area contributed by atoms with E-state index in [1.807, 2.05) is 0 Å². The van der Waals surface area contributed by atoms with E-state index in [4.69, 9.17) is 15.9 Å². The van der Waals surface area contributed by atoms with Crippen molar-refractivity contribution < 1.29 is 19.8 Å². The molecule has 0 spiro atoms. The highest BCUT2D eigenvalue weighted by Gasteiger charge is 2.21. The van der Waals surface area contributed by atoms with Crippen molar-refractivity contribution in [3.05, 3.63) is 22.7 Å². The van der Waals surface area contributed by atoms with Gasteiger partial charge in [-0.15, -0.1) is 11.3 Å². The summed E-state index contributed by atoms with van der Waals surface area (Å²) in [6, 6.07) is 0.641. The minimum absolute atomic E-state index is 0.558. The molecular weight excluding hydrogens is 306 g/mol. The monoisotopic (exact) mass is 327 g/mol. The Labute approximate surface area is 132 Å². The highest BCUT2D eigenvalue weighted by molar-refractivity contribution is 7.15. The van der Waals surface area contributed by atoms with Crippen LogP contribution >= 0.6 is 11.3 Å². The number of carboxylic acid groups (broad SMARTS) is 2. The minimum Gasteiger partial charge on any atom is -0.478 e. The van der Waals surface area contributed by atoms with E-state index >= 15 is 0 Å². The molecule has 22 heavy (non-hydrogen) atoms. The molecule has 1 aliphatic carbocycles. The second-order valence-corrected chi connectivity index (χ2v) is 5.94. The zero-order chi connectivity index (χ0) is 16.5. The maximum absolute atomic E-state index is 9.55. The summed E-state index contributed by atoms with van der Waals surface area (Å²) in [4.78, 5) is 24.8. The fourth-order valence-electron chi connectivity index (χ4n) is 2.06. The Morgan fingerprint density at radius 1 is 1.41 bits per heavy atom. The lowest BCUT2D eigenvalue weighted by Gasteiger charge is -2.21. The normalized spacial score (nSPS) is 16.7. The average Bonchev–Trinajstić information content (AvgIpc) is 2.82. The maximum Gasteiger partial charge on any atom is 0.328 e. The van der Waals surface area contributed by atoms with Crippen molar-refractivity contribution in [3.63, 3.8) is 0 Å². The molecule has 0 aliphatic heterocycles. The zero-order valence-corrected chi connectivity index (χ0v) is 13.2. The third kappa shape index (κ3) is 6.68. The van der Waals surface area contributed by atoms with Gasteiger partial charge in [0.15, 0.2) is 5.13 Å². The number of hydrogen-bond donors (Lipinski definition) is 4. The fourth-order valence-corrected chi connectivity index (χ4v) is 3.02. The molecule has 122 valence electrons. The Hall–Kier alpha value is -1.93. The second kappa shape index (κ2) is 9.16. The van der Waals surface area contributed by atoms with Gasteiger partial charge < -0.3 is 21.3 Å². The zero-order valence-electron chi connectivity index (χ0n) is 12.4. The lowest BCUT2D eigenvalue weighted by molar-refractivity contribution is -0.134. The van der Waals surface area contributed by atoms with Gasteiger partial charge in [0.05, 0.1) is 5.69 Å². The van der Waals surface area contributed by atoms with Gasteiger partial charge in [0.2, 0.25) is 0 Å². The van der Waals surface area contributed by atoms with Crippen LogP contribution in [0.1, 0.15) is 30.3 Å². The fraction of sp³-hybridized carbons (Fsp3) is 0.500. The molecule has 0 saturated carbocycles. The molecular formula is C14H21N3O4S. The van der Waals surface area contributed by atoms with Crippen molar-refractivity contribution in [2.24, 2.45) is 0 Å². The number of aryl methyl sites for hydroxylation is 1. The smallest absolute Gasteiger partial charge is 0.328 e. The van der Waals surface area contributed by atoms with Crippen LogP contribution in [-0.2, 0) is 22.4 Å². The number of aliphatic carboxylic acids is 2. The van der Waals surface area contributed by atoms with Crippen LogP contribution in [0.25, 0.3) is 0 Å². The Bertz CT molecular complexity index is 526. The van der Waals surface area contributed by atoms with Crippen LogP contribution in [0.5, 0.6) is 0 Å². The third-order valence-corrected chi connectivity index (χ3v) is 3.96. The van der Waals surface area contributed by atoms with Gasteiger partial charge in [0.25, 0.3) is 0 Å². The van der Waals surface area contributed by atoms with Gasteiger partial charge >= 0.3 is 11.9 Å². The van der Waals surface area contributed by atoms with E-state index in [9.17, 15) is 9.59 Å². The second-order valence-electron chi connectivity index (χ2n) is 4.83. The van der Waals surface area contributed by atoms with Crippen LogP contribution in [0.4, 0.5) is 5.13 Å². The number of fused-ring (bicyclic) bond motifs is 1. The largest absolute Gasteiger partial charge is 0.478 e. The minimum atomic E-state index is -1.26. The van der Waals surface area contributed by atoms with Crippen molar-refractivity contribution in [1.82, 2.24) is 10.3 Å². The summed E-state index contributed by atoms with van der Waals surface area (Å²) in [6.07, 6.45) is 5.73. The topological polar surface area (TPSA) is 126 Å². The van der Waals surface area contributed by atoms with E-state index < -0.39 is 11.9 Å². The molecule has 0 radical (unpaired) electrons. The molecule has 0 aromatic carbocycles. The molecule has 7 nitrogen and oxygen atoms in total. The van der Waals surface area contributed by atoms with Crippen molar-refractivity contribution in [1.29, 1.82) is 0 Å². The van der Waals surface area contributed by atoms with Gasteiger partial charge in [-0.3, -0.25) is 0 Å². The van der Waals surface area contributed by atoms with Crippen molar-refractivity contribution in [3.8, 4) is 0 Å². The molecule has 0 bridgehead atoms. The van der Waals surface area contributed by atoms with E-state index in [0.29, 0.717) is 18.2 Å². The molecule has 0 saturated heterocycles. The first-order valence-corrected chi connectivity index (χ1v) is 7.85. The number of aromatic nitrogens is 1. The van der Waals surface area contributed by atoms with E-state index in [-0.39, 0.29) is 0 Å². The van der Waals surface area contributed by atoms with Crippen LogP contribution in [0.15, 0.2) is 12.2 Å². The number of anilines is 1. The van der Waals surface area contributed by atoms with E-state index in [2.05, 4.69) is 17.2 Å². The number of nitrogens with two attached hydrogens (primary N) is 1. The Morgan fingerprint density at radius 3 is 2.59 bits per heavy atom. The third-order valence-electron chi connectivity index (χ3n) is 3.01. The molecule has 1 atom stereocenters. The Morgan fingerprint density at radius 2 is 2.05 bits per heavy atom. The summed E-state index contributed by atoms with van der Waals surface area (Å²) >= 11 is 1.65. The number of nitrogens with one attached hydrogen (secondary N) is 1. The lowest BCUT2D eigenvalue weighted by atomic mass is 9.98. The summed E-state index contributed by atoms with van der Waals surface area (Å²) < 4.78 is 0. The Balaban J connectivity index is 0.000000261. The van der Waals surface area contributed by atoms with Gasteiger partial charge in [-0.2, -0.15) is 0 Å². The number of carbonyl (C=O) groups is 2. The van der Waals surface area contributed by atoms with Gasteiger partial charge in [-0.25, -0.2) is 14.6 Å². The molecule has 1 heterocycles. The van der Waals surface area contributed by atoms with Crippen molar-refractivity contribution in [2.75, 3.05) is 12.3 Å². The van der Waals surface area contributed by atoms with Gasteiger partial charge in [0.1, 0.15) is 0 Å². The first kappa shape index (κ1) is 18.1. The quantitative estimate of drug-likeness (QED) is 0.600. The van der Waals surface area contributed by atoms with Crippen molar-refractivity contribution in [2.45, 2.75) is 38.6 Å². The van der Waals surface area contributed by atoms with Crippen LogP contribution in [-0.4, -0.2) is 39.7 Å². The molecule has 0 fully saturated rings. The molecule has 8 heteroatoms. The first-order valence-electron chi connectivity index (χ1n) is 7.03. The summed E-state index contributed by atoms with van der Waals surface area (Å²) in [6.45, 7) is 3.32. The molecule has 1 aliphatic rings. The average molecular weight is 327 g/mol. The predicted molar refractivity (Wildman–Crippen MR) is 85.0 cm³/mol. The number of hydrogen-bond acceptors (Lipinski definition) is 6. The number of nitrogen functional groups attached to an aromatic ring is 1. The number of thiazole rings is 1. The Kier molecular flexibility index (Phi) is 7.55. The van der Waals surface area contributed by atoms with Crippen LogP contribution in [0, 0.1) is 0 Å². The van der Waals surface area contributed by atoms with E-state index in [1.54, 1.807) is 11.3 Å². The first-order chi connectivity index (χ1) is 10.4. The standard InChI is InChI=1S/C10H17N3S.C4H4O4/c1-2-5-12-7-3-4-8-9(6-7)14-10(11)13-8;5-3(6)1-2-4(7)8/h7,12H,2-6H2,1H3,(H2,11,13);1-2H,(H,5,6)(H,7,8). The summed E-state index contributed by atoms with van der Waals surface area (Å²) in [5, 5.41) is 19.9. The summed E-state index contributed by atoms with van der Waals surface area (Å²) in [5.74, 6) is -2.51. The molecule has 5 N–H and O–H groups in total.